The Bertz CT molecular complexity index is 1060. The molecule has 3 aromatic rings. The van der Waals surface area contributed by atoms with E-state index in [0.29, 0.717) is 17.0 Å². The van der Waals surface area contributed by atoms with E-state index in [1.807, 2.05) is 45.0 Å². The number of aryl methyl sites for hydroxylation is 3. The molecule has 0 aliphatic rings. The molecule has 0 unspecified atom stereocenters. The number of anilines is 1. The number of aromatic nitrogens is 1. The fourth-order valence-electron chi connectivity index (χ4n) is 2.75. The molecule has 30 heavy (non-hydrogen) atoms. The van der Waals surface area contributed by atoms with Gasteiger partial charge in [-0.15, -0.1) is 11.8 Å². The van der Waals surface area contributed by atoms with Gasteiger partial charge in [-0.3, -0.25) is 4.79 Å². The minimum atomic E-state index is -0.543. The molecule has 0 bridgehead atoms. The molecule has 0 spiro atoms. The summed E-state index contributed by atoms with van der Waals surface area (Å²) < 4.78 is 11.4. The van der Waals surface area contributed by atoms with Gasteiger partial charge < -0.3 is 14.6 Å². The van der Waals surface area contributed by atoms with Crippen LogP contribution in [0.15, 0.2) is 56.4 Å². The molecule has 1 amide bonds. The molecule has 1 heterocycles. The maximum absolute atomic E-state index is 12.6. The number of nitrogens with one attached hydrogen (secondary N) is 1. The zero-order valence-corrected chi connectivity index (χ0v) is 19.2. The molecule has 0 atom stereocenters. The number of rotatable bonds is 7. The standard InChI is InChI=1S/C22H21BrN2O4S/c1-13-10-16(8-9-19(13)23)24-21(26)11-28-22(27)17-6-4-5-7-20(17)30-12-18-14(2)25-29-15(18)3/h4-10H,11-12H2,1-3H3,(H,24,26). The third kappa shape index (κ3) is 5.52. The Morgan fingerprint density at radius 3 is 2.63 bits per heavy atom. The summed E-state index contributed by atoms with van der Waals surface area (Å²) >= 11 is 4.91. The van der Waals surface area contributed by atoms with E-state index in [2.05, 4.69) is 26.4 Å². The Labute approximate surface area is 187 Å². The molecule has 0 aliphatic carbocycles. The van der Waals surface area contributed by atoms with Crippen molar-refractivity contribution in [3.05, 3.63) is 75.1 Å². The maximum atomic E-state index is 12.6. The molecule has 156 valence electrons. The summed E-state index contributed by atoms with van der Waals surface area (Å²) in [7, 11) is 0. The van der Waals surface area contributed by atoms with Crippen LogP contribution < -0.4 is 5.32 Å². The zero-order chi connectivity index (χ0) is 21.7. The Balaban J connectivity index is 1.60. The van der Waals surface area contributed by atoms with Gasteiger partial charge in [0, 0.05) is 26.4 Å². The van der Waals surface area contributed by atoms with Crippen LogP contribution in [0, 0.1) is 20.8 Å². The molecule has 2 aromatic carbocycles. The number of ether oxygens (including phenoxy) is 1. The van der Waals surface area contributed by atoms with Crippen molar-refractivity contribution in [2.24, 2.45) is 0 Å². The number of benzene rings is 2. The van der Waals surface area contributed by atoms with Crippen LogP contribution in [0.5, 0.6) is 0 Å². The summed E-state index contributed by atoms with van der Waals surface area (Å²) in [5, 5.41) is 6.68. The minimum Gasteiger partial charge on any atom is -0.452 e. The summed E-state index contributed by atoms with van der Waals surface area (Å²) in [4.78, 5) is 25.5. The average Bonchev–Trinajstić information content (AvgIpc) is 3.05. The summed E-state index contributed by atoms with van der Waals surface area (Å²) in [6.45, 7) is 5.31. The lowest BCUT2D eigenvalue weighted by molar-refractivity contribution is -0.119. The first kappa shape index (κ1) is 22.1. The van der Waals surface area contributed by atoms with Gasteiger partial charge in [0.25, 0.3) is 5.91 Å². The summed E-state index contributed by atoms with van der Waals surface area (Å²) in [5.74, 6) is 0.444. The van der Waals surface area contributed by atoms with E-state index in [1.165, 1.54) is 11.8 Å². The van der Waals surface area contributed by atoms with Crippen LogP contribution in [-0.4, -0.2) is 23.6 Å². The molecular weight excluding hydrogens is 468 g/mol. The normalized spacial score (nSPS) is 10.7. The van der Waals surface area contributed by atoms with E-state index < -0.39 is 11.9 Å². The predicted molar refractivity (Wildman–Crippen MR) is 120 cm³/mol. The second-order valence-corrected chi connectivity index (χ2v) is 8.55. The smallest absolute Gasteiger partial charge is 0.339 e. The molecule has 0 radical (unpaired) electrons. The number of hydrogen-bond donors (Lipinski definition) is 1. The van der Waals surface area contributed by atoms with Crippen LogP contribution in [0.25, 0.3) is 0 Å². The Hall–Kier alpha value is -2.58. The number of nitrogens with zero attached hydrogens (tertiary/aromatic N) is 1. The highest BCUT2D eigenvalue weighted by Crippen LogP contribution is 2.29. The van der Waals surface area contributed by atoms with E-state index in [4.69, 9.17) is 9.26 Å². The predicted octanol–water partition coefficient (Wildman–Crippen LogP) is 5.45. The first-order valence-corrected chi connectivity index (χ1v) is 11.0. The molecule has 1 N–H and O–H groups in total. The van der Waals surface area contributed by atoms with Gasteiger partial charge in [0.15, 0.2) is 6.61 Å². The monoisotopic (exact) mass is 488 g/mol. The number of thioether (sulfide) groups is 1. The van der Waals surface area contributed by atoms with Gasteiger partial charge in [0.05, 0.1) is 11.3 Å². The van der Waals surface area contributed by atoms with E-state index >= 15 is 0 Å². The lowest BCUT2D eigenvalue weighted by Gasteiger charge is -2.10. The molecule has 8 heteroatoms. The number of esters is 1. The second kappa shape index (κ2) is 9.95. The minimum absolute atomic E-state index is 0.364. The van der Waals surface area contributed by atoms with Crippen LogP contribution >= 0.6 is 27.7 Å². The Morgan fingerprint density at radius 2 is 1.93 bits per heavy atom. The molecule has 0 saturated carbocycles. The van der Waals surface area contributed by atoms with Gasteiger partial charge in [0.1, 0.15) is 5.76 Å². The lowest BCUT2D eigenvalue weighted by atomic mass is 10.2. The molecule has 1 aromatic heterocycles. The summed E-state index contributed by atoms with van der Waals surface area (Å²) in [6.07, 6.45) is 0. The average molecular weight is 489 g/mol. The first-order chi connectivity index (χ1) is 14.3. The maximum Gasteiger partial charge on any atom is 0.339 e. The lowest BCUT2D eigenvalue weighted by Crippen LogP contribution is -2.21. The third-order valence-corrected chi connectivity index (χ3v) is 6.43. The fourth-order valence-corrected chi connectivity index (χ4v) is 4.19. The van der Waals surface area contributed by atoms with E-state index in [0.717, 1.165) is 31.9 Å². The van der Waals surface area contributed by atoms with Crippen molar-refractivity contribution in [1.29, 1.82) is 0 Å². The van der Waals surface area contributed by atoms with Gasteiger partial charge in [-0.25, -0.2) is 4.79 Å². The van der Waals surface area contributed by atoms with E-state index in [9.17, 15) is 9.59 Å². The topological polar surface area (TPSA) is 81.4 Å². The van der Waals surface area contributed by atoms with Crippen molar-refractivity contribution in [1.82, 2.24) is 5.16 Å². The van der Waals surface area contributed by atoms with Crippen molar-refractivity contribution < 1.29 is 18.8 Å². The molecule has 0 fully saturated rings. The van der Waals surface area contributed by atoms with Crippen LogP contribution in [0.4, 0.5) is 5.69 Å². The molecule has 3 rings (SSSR count). The molecule has 0 saturated heterocycles. The van der Waals surface area contributed by atoms with Gasteiger partial charge >= 0.3 is 5.97 Å². The number of carbonyl (C=O) groups is 2. The largest absolute Gasteiger partial charge is 0.452 e. The van der Waals surface area contributed by atoms with Crippen molar-refractivity contribution in [2.45, 2.75) is 31.4 Å². The number of hydrogen-bond acceptors (Lipinski definition) is 6. The SMILES string of the molecule is Cc1cc(NC(=O)COC(=O)c2ccccc2SCc2c(C)noc2C)ccc1Br. The van der Waals surface area contributed by atoms with Gasteiger partial charge in [-0.2, -0.15) is 0 Å². The van der Waals surface area contributed by atoms with Crippen LogP contribution in [0.1, 0.15) is 32.9 Å². The van der Waals surface area contributed by atoms with Gasteiger partial charge in [0.2, 0.25) is 0 Å². The van der Waals surface area contributed by atoms with Crippen molar-refractivity contribution >= 4 is 45.3 Å². The Morgan fingerprint density at radius 1 is 1.17 bits per heavy atom. The third-order valence-electron chi connectivity index (χ3n) is 4.44. The Kier molecular flexibility index (Phi) is 7.33. The van der Waals surface area contributed by atoms with Gasteiger partial charge in [-0.05, 0) is 56.7 Å². The zero-order valence-electron chi connectivity index (χ0n) is 16.8. The molecule has 6 nitrogen and oxygen atoms in total. The first-order valence-electron chi connectivity index (χ1n) is 9.22. The highest BCUT2D eigenvalue weighted by Gasteiger charge is 2.16. The van der Waals surface area contributed by atoms with Gasteiger partial charge in [-0.1, -0.05) is 33.2 Å². The van der Waals surface area contributed by atoms with Crippen LogP contribution in [0.2, 0.25) is 0 Å². The van der Waals surface area contributed by atoms with E-state index in [1.54, 1.807) is 18.2 Å². The second-order valence-electron chi connectivity index (χ2n) is 6.68. The summed E-state index contributed by atoms with van der Waals surface area (Å²) in [6, 6.07) is 12.6. The van der Waals surface area contributed by atoms with Crippen LogP contribution in [-0.2, 0) is 15.3 Å². The van der Waals surface area contributed by atoms with Crippen LogP contribution in [0.3, 0.4) is 0 Å². The van der Waals surface area contributed by atoms with E-state index in [-0.39, 0.29) is 6.61 Å². The summed E-state index contributed by atoms with van der Waals surface area (Å²) in [5.41, 5.74) is 3.90. The van der Waals surface area contributed by atoms with Crippen molar-refractivity contribution in [3.8, 4) is 0 Å². The van der Waals surface area contributed by atoms with Crippen molar-refractivity contribution in [3.63, 3.8) is 0 Å². The molecule has 0 aliphatic heterocycles. The highest BCUT2D eigenvalue weighted by molar-refractivity contribution is 9.10. The fraction of sp³-hybridized carbons (Fsp3) is 0.227. The molecular formula is C22H21BrN2O4S. The van der Waals surface area contributed by atoms with Crippen molar-refractivity contribution in [2.75, 3.05) is 11.9 Å². The quantitative estimate of drug-likeness (QED) is 0.351. The number of amides is 1. The highest BCUT2D eigenvalue weighted by atomic mass is 79.9. The number of carbonyl (C=O) groups excluding carboxylic acids is 2. The number of halogens is 1.